The van der Waals surface area contributed by atoms with E-state index in [9.17, 15) is 14.9 Å². The maximum absolute atomic E-state index is 12.2. The Morgan fingerprint density at radius 3 is 2.73 bits per heavy atom. The van der Waals surface area contributed by atoms with Crippen LogP contribution in [0.5, 0.6) is 5.75 Å². The summed E-state index contributed by atoms with van der Waals surface area (Å²) in [5, 5.41) is 22.2. The maximum atomic E-state index is 12.2. The quantitative estimate of drug-likeness (QED) is 0.315. The molecular formula is C19H21ClN6O4. The van der Waals surface area contributed by atoms with Crippen LogP contribution in [0.4, 0.5) is 5.69 Å². The highest BCUT2D eigenvalue weighted by Crippen LogP contribution is 2.28. The van der Waals surface area contributed by atoms with E-state index < -0.39 is 4.92 Å². The first-order valence-electron chi connectivity index (χ1n) is 9.23. The molecule has 0 atom stereocenters. The van der Waals surface area contributed by atoms with E-state index in [1.807, 2.05) is 24.6 Å². The lowest BCUT2D eigenvalue weighted by Crippen LogP contribution is -2.26. The lowest BCUT2D eigenvalue weighted by molar-refractivity contribution is -0.384. The number of carbonyl (C=O) groups is 1. The maximum Gasteiger partial charge on any atom is 0.271 e. The second-order valence-electron chi connectivity index (χ2n) is 6.65. The molecule has 30 heavy (non-hydrogen) atoms. The SMILES string of the molecule is Cc1cc(C)n(CCCNC(=O)c2ccn(COc3ccc([N+](=O)[O-])cc3Cl)n2)n1. The molecule has 1 N–H and O–H groups in total. The van der Waals surface area contributed by atoms with Crippen LogP contribution in [0.15, 0.2) is 36.5 Å². The van der Waals surface area contributed by atoms with E-state index in [0.29, 0.717) is 6.54 Å². The predicted octanol–water partition coefficient (Wildman–Crippen LogP) is 3.11. The molecule has 158 valence electrons. The molecule has 1 amide bonds. The van der Waals surface area contributed by atoms with E-state index in [1.165, 1.54) is 22.9 Å². The van der Waals surface area contributed by atoms with Crippen molar-refractivity contribution in [2.45, 2.75) is 33.5 Å². The zero-order chi connectivity index (χ0) is 21.7. The summed E-state index contributed by atoms with van der Waals surface area (Å²) in [7, 11) is 0. The van der Waals surface area contributed by atoms with E-state index in [0.717, 1.165) is 24.4 Å². The highest BCUT2D eigenvalue weighted by atomic mass is 35.5. The second-order valence-corrected chi connectivity index (χ2v) is 7.05. The summed E-state index contributed by atoms with van der Waals surface area (Å²) in [6, 6.07) is 7.52. The van der Waals surface area contributed by atoms with E-state index in [-0.39, 0.29) is 34.8 Å². The number of hydrogen-bond acceptors (Lipinski definition) is 6. The second kappa shape index (κ2) is 9.40. The number of aryl methyl sites for hydroxylation is 3. The molecule has 3 aromatic rings. The van der Waals surface area contributed by atoms with E-state index in [1.54, 1.807) is 12.3 Å². The smallest absolute Gasteiger partial charge is 0.271 e. The summed E-state index contributed by atoms with van der Waals surface area (Å²) < 4.78 is 8.86. The third-order valence-corrected chi connectivity index (χ3v) is 4.58. The van der Waals surface area contributed by atoms with Crippen LogP contribution in [0.25, 0.3) is 0 Å². The van der Waals surface area contributed by atoms with Gasteiger partial charge in [0.15, 0.2) is 6.73 Å². The monoisotopic (exact) mass is 432 g/mol. The normalized spacial score (nSPS) is 10.8. The van der Waals surface area contributed by atoms with Crippen LogP contribution >= 0.6 is 11.6 Å². The summed E-state index contributed by atoms with van der Waals surface area (Å²) in [4.78, 5) is 22.4. The van der Waals surface area contributed by atoms with Crippen molar-refractivity contribution in [3.63, 3.8) is 0 Å². The minimum atomic E-state index is -0.536. The Morgan fingerprint density at radius 1 is 1.27 bits per heavy atom. The number of non-ortho nitro benzene ring substituents is 1. The van der Waals surface area contributed by atoms with Crippen LogP contribution in [0.2, 0.25) is 5.02 Å². The average Bonchev–Trinajstić information content (AvgIpc) is 3.30. The van der Waals surface area contributed by atoms with Gasteiger partial charge in [0, 0.05) is 37.1 Å². The van der Waals surface area contributed by atoms with Crippen LogP contribution in [-0.4, -0.2) is 36.9 Å². The molecule has 0 aliphatic carbocycles. The van der Waals surface area contributed by atoms with Crippen LogP contribution in [-0.2, 0) is 13.3 Å². The number of halogens is 1. The largest absolute Gasteiger partial charge is 0.470 e. The molecule has 0 unspecified atom stereocenters. The molecule has 3 rings (SSSR count). The lowest BCUT2D eigenvalue weighted by Gasteiger charge is -2.08. The molecule has 0 radical (unpaired) electrons. The van der Waals surface area contributed by atoms with Gasteiger partial charge < -0.3 is 10.1 Å². The lowest BCUT2D eigenvalue weighted by atomic mass is 10.3. The number of ether oxygens (including phenoxy) is 1. The molecule has 0 saturated heterocycles. The topological polar surface area (TPSA) is 117 Å². The van der Waals surface area contributed by atoms with Crippen molar-refractivity contribution in [1.82, 2.24) is 24.9 Å². The summed E-state index contributed by atoms with van der Waals surface area (Å²) in [6.45, 7) is 5.16. The molecule has 0 aliphatic heterocycles. The van der Waals surface area contributed by atoms with Gasteiger partial charge in [-0.25, -0.2) is 4.68 Å². The number of nitro groups is 1. The average molecular weight is 433 g/mol. The Bertz CT molecular complexity index is 1060. The van der Waals surface area contributed by atoms with Crippen LogP contribution in [0.3, 0.4) is 0 Å². The first kappa shape index (κ1) is 21.3. The summed E-state index contributed by atoms with van der Waals surface area (Å²) in [5.41, 5.74) is 2.20. The van der Waals surface area contributed by atoms with Crippen molar-refractivity contribution >= 4 is 23.2 Å². The van der Waals surface area contributed by atoms with Crippen molar-refractivity contribution in [2.24, 2.45) is 0 Å². The molecule has 2 heterocycles. The number of amides is 1. The molecule has 11 heteroatoms. The number of hydrogen-bond donors (Lipinski definition) is 1. The van der Waals surface area contributed by atoms with Gasteiger partial charge in [-0.3, -0.25) is 19.6 Å². The van der Waals surface area contributed by atoms with Gasteiger partial charge in [0.1, 0.15) is 11.4 Å². The van der Waals surface area contributed by atoms with Gasteiger partial charge in [-0.1, -0.05) is 11.6 Å². The Kier molecular flexibility index (Phi) is 6.68. The van der Waals surface area contributed by atoms with Crippen LogP contribution in [0.1, 0.15) is 28.3 Å². The molecule has 2 aromatic heterocycles. The van der Waals surface area contributed by atoms with E-state index in [2.05, 4.69) is 15.5 Å². The van der Waals surface area contributed by atoms with E-state index >= 15 is 0 Å². The van der Waals surface area contributed by atoms with Crippen LogP contribution < -0.4 is 10.1 Å². The van der Waals surface area contributed by atoms with Crippen molar-refractivity contribution in [3.05, 3.63) is 68.7 Å². The third kappa shape index (κ3) is 5.35. The number of benzene rings is 1. The fourth-order valence-electron chi connectivity index (χ4n) is 2.83. The highest BCUT2D eigenvalue weighted by Gasteiger charge is 2.12. The minimum Gasteiger partial charge on any atom is -0.470 e. The zero-order valence-corrected chi connectivity index (χ0v) is 17.3. The number of nitro benzene ring substituents is 1. The Hall–Kier alpha value is -3.40. The molecular weight excluding hydrogens is 412 g/mol. The number of rotatable bonds is 9. The summed E-state index contributed by atoms with van der Waals surface area (Å²) in [6.07, 6.45) is 2.35. The highest BCUT2D eigenvalue weighted by molar-refractivity contribution is 6.32. The first-order chi connectivity index (χ1) is 14.3. The molecule has 1 aromatic carbocycles. The molecule has 0 bridgehead atoms. The number of carbonyl (C=O) groups excluding carboxylic acids is 1. The van der Waals surface area contributed by atoms with Gasteiger partial charge in [-0.05, 0) is 38.5 Å². The van der Waals surface area contributed by atoms with Crippen molar-refractivity contribution < 1.29 is 14.5 Å². The minimum absolute atomic E-state index is 0.00272. The Morgan fingerprint density at radius 2 is 2.07 bits per heavy atom. The number of nitrogens with one attached hydrogen (secondary N) is 1. The number of nitrogens with zero attached hydrogens (tertiary/aromatic N) is 5. The standard InChI is InChI=1S/C19H21ClN6O4/c1-13-10-14(2)25(22-13)8-3-7-21-19(27)17-6-9-24(23-17)12-30-18-5-4-15(26(28)29)11-16(18)20/h4-6,9-11H,3,7-8,12H2,1-2H3,(H,21,27). The molecule has 0 spiro atoms. The predicted molar refractivity (Wildman–Crippen MR) is 110 cm³/mol. The van der Waals surface area contributed by atoms with Crippen molar-refractivity contribution in [1.29, 1.82) is 0 Å². The van der Waals surface area contributed by atoms with Gasteiger partial charge in [0.05, 0.1) is 15.6 Å². The van der Waals surface area contributed by atoms with E-state index in [4.69, 9.17) is 16.3 Å². The zero-order valence-electron chi connectivity index (χ0n) is 16.5. The molecule has 0 aliphatic rings. The van der Waals surface area contributed by atoms with Gasteiger partial charge in [-0.2, -0.15) is 10.2 Å². The summed E-state index contributed by atoms with van der Waals surface area (Å²) in [5.74, 6) is 0.00315. The molecule has 0 saturated carbocycles. The van der Waals surface area contributed by atoms with Crippen molar-refractivity contribution in [3.8, 4) is 5.75 Å². The van der Waals surface area contributed by atoms with Gasteiger partial charge >= 0.3 is 0 Å². The van der Waals surface area contributed by atoms with Gasteiger partial charge in [0.25, 0.3) is 11.6 Å². The first-order valence-corrected chi connectivity index (χ1v) is 9.61. The molecule has 10 nitrogen and oxygen atoms in total. The van der Waals surface area contributed by atoms with Crippen LogP contribution in [0, 0.1) is 24.0 Å². The third-order valence-electron chi connectivity index (χ3n) is 4.29. The fourth-order valence-corrected chi connectivity index (χ4v) is 3.06. The summed E-state index contributed by atoms with van der Waals surface area (Å²) >= 11 is 5.99. The Labute approximate surface area is 177 Å². The fraction of sp³-hybridized carbons (Fsp3) is 0.316. The molecule has 0 fully saturated rings. The van der Waals surface area contributed by atoms with Crippen molar-refractivity contribution in [2.75, 3.05) is 6.54 Å². The van der Waals surface area contributed by atoms with Gasteiger partial charge in [0.2, 0.25) is 0 Å². The Balaban J connectivity index is 1.46. The van der Waals surface area contributed by atoms with Gasteiger partial charge in [-0.15, -0.1) is 0 Å². The number of aromatic nitrogens is 4.